The zero-order valence-electron chi connectivity index (χ0n) is 7.78. The summed E-state index contributed by atoms with van der Waals surface area (Å²) in [7, 11) is 3.99. The third-order valence-corrected chi connectivity index (χ3v) is 2.16. The average Bonchev–Trinajstić information content (AvgIpc) is 2.04. The average molecular weight is 165 g/mol. The minimum absolute atomic E-state index is 0.256. The van der Waals surface area contributed by atoms with Crippen molar-refractivity contribution < 1.29 is 5.11 Å². The molecule has 0 saturated heterocycles. The van der Waals surface area contributed by atoms with E-state index >= 15 is 0 Å². The summed E-state index contributed by atoms with van der Waals surface area (Å²) in [6, 6.07) is 7.69. The van der Waals surface area contributed by atoms with Crippen molar-refractivity contribution in [3.63, 3.8) is 0 Å². The number of hydrogen-bond acceptors (Lipinski definition) is 2. The molecule has 0 aromatic heterocycles. The van der Waals surface area contributed by atoms with Crippen molar-refractivity contribution in [2.75, 3.05) is 14.1 Å². The number of phenolic OH excluding ortho intramolecular Hbond substituents is 1. The van der Waals surface area contributed by atoms with Gasteiger partial charge in [-0.2, -0.15) is 0 Å². The monoisotopic (exact) mass is 165 g/mol. The summed E-state index contributed by atoms with van der Waals surface area (Å²) < 4.78 is 0. The Morgan fingerprint density at radius 3 is 2.33 bits per heavy atom. The molecule has 2 nitrogen and oxygen atoms in total. The van der Waals surface area contributed by atoms with Crippen LogP contribution in [0, 0.1) is 0 Å². The standard InChI is InChI=1S/C10H15NO/c1-8(11(2)3)9-6-4-5-7-10(9)12/h4-8,12H,1-3H3. The van der Waals surface area contributed by atoms with Gasteiger partial charge in [0.25, 0.3) is 0 Å². The molecular weight excluding hydrogens is 150 g/mol. The van der Waals surface area contributed by atoms with Gasteiger partial charge in [0, 0.05) is 11.6 Å². The van der Waals surface area contributed by atoms with E-state index in [1.807, 2.05) is 32.3 Å². The molecule has 0 aliphatic carbocycles. The number of benzene rings is 1. The van der Waals surface area contributed by atoms with Crippen molar-refractivity contribution in [1.29, 1.82) is 0 Å². The molecule has 0 fully saturated rings. The predicted octanol–water partition coefficient (Wildman–Crippen LogP) is 2.01. The van der Waals surface area contributed by atoms with E-state index in [0.29, 0.717) is 5.75 Å². The van der Waals surface area contributed by atoms with E-state index in [0.717, 1.165) is 5.56 Å². The van der Waals surface area contributed by atoms with Gasteiger partial charge in [0.2, 0.25) is 0 Å². The minimum Gasteiger partial charge on any atom is -0.508 e. The molecule has 0 amide bonds. The fraction of sp³-hybridized carbons (Fsp3) is 0.400. The normalized spacial score (nSPS) is 13.3. The predicted molar refractivity (Wildman–Crippen MR) is 50.2 cm³/mol. The lowest BCUT2D eigenvalue weighted by Crippen LogP contribution is -2.16. The lowest BCUT2D eigenvalue weighted by Gasteiger charge is -2.20. The van der Waals surface area contributed by atoms with Gasteiger partial charge in [0.15, 0.2) is 0 Å². The summed E-state index contributed by atoms with van der Waals surface area (Å²) in [5, 5.41) is 9.50. The highest BCUT2D eigenvalue weighted by molar-refractivity contribution is 5.33. The first-order valence-corrected chi connectivity index (χ1v) is 4.07. The highest BCUT2D eigenvalue weighted by Crippen LogP contribution is 2.25. The van der Waals surface area contributed by atoms with Crippen LogP contribution in [-0.4, -0.2) is 24.1 Å². The number of hydrogen-bond donors (Lipinski definition) is 1. The van der Waals surface area contributed by atoms with Gasteiger partial charge in [-0.15, -0.1) is 0 Å². The van der Waals surface area contributed by atoms with E-state index in [1.54, 1.807) is 6.07 Å². The largest absolute Gasteiger partial charge is 0.508 e. The van der Waals surface area contributed by atoms with Crippen LogP contribution in [0.3, 0.4) is 0 Å². The van der Waals surface area contributed by atoms with Crippen LogP contribution in [0.25, 0.3) is 0 Å². The van der Waals surface area contributed by atoms with Crippen LogP contribution in [-0.2, 0) is 0 Å². The molecule has 1 aromatic carbocycles. The van der Waals surface area contributed by atoms with Crippen molar-refractivity contribution in [1.82, 2.24) is 4.90 Å². The second-order valence-corrected chi connectivity index (χ2v) is 3.20. The van der Waals surface area contributed by atoms with Crippen LogP contribution in [0.2, 0.25) is 0 Å². The maximum atomic E-state index is 9.50. The molecule has 0 radical (unpaired) electrons. The lowest BCUT2D eigenvalue weighted by atomic mass is 10.1. The Bertz CT molecular complexity index is 258. The van der Waals surface area contributed by atoms with Crippen molar-refractivity contribution in [2.24, 2.45) is 0 Å². The molecule has 66 valence electrons. The molecular formula is C10H15NO. The minimum atomic E-state index is 0.256. The molecule has 1 aromatic rings. The van der Waals surface area contributed by atoms with Crippen molar-refractivity contribution in [3.05, 3.63) is 29.8 Å². The Labute approximate surface area is 73.4 Å². The summed E-state index contributed by atoms with van der Waals surface area (Å²) in [5.74, 6) is 0.374. The number of para-hydroxylation sites is 1. The maximum Gasteiger partial charge on any atom is 0.120 e. The fourth-order valence-corrected chi connectivity index (χ4v) is 1.12. The first-order chi connectivity index (χ1) is 5.63. The van der Waals surface area contributed by atoms with Crippen LogP contribution in [0.1, 0.15) is 18.5 Å². The fourth-order valence-electron chi connectivity index (χ4n) is 1.12. The first-order valence-electron chi connectivity index (χ1n) is 4.07. The molecule has 0 aliphatic rings. The van der Waals surface area contributed by atoms with Gasteiger partial charge in [-0.25, -0.2) is 0 Å². The van der Waals surface area contributed by atoms with E-state index in [-0.39, 0.29) is 6.04 Å². The van der Waals surface area contributed by atoms with Crippen molar-refractivity contribution in [3.8, 4) is 5.75 Å². The van der Waals surface area contributed by atoms with Crippen LogP contribution in [0.4, 0.5) is 0 Å². The Kier molecular flexibility index (Phi) is 2.71. The Hall–Kier alpha value is -1.02. The zero-order chi connectivity index (χ0) is 9.14. The number of phenols is 1. The molecule has 2 heteroatoms. The Morgan fingerprint density at radius 1 is 1.25 bits per heavy atom. The van der Waals surface area contributed by atoms with Crippen molar-refractivity contribution in [2.45, 2.75) is 13.0 Å². The third kappa shape index (κ3) is 1.77. The Balaban J connectivity index is 2.94. The van der Waals surface area contributed by atoms with E-state index in [2.05, 4.69) is 11.8 Å². The summed E-state index contributed by atoms with van der Waals surface area (Å²) in [4.78, 5) is 2.06. The molecule has 1 N–H and O–H groups in total. The van der Waals surface area contributed by atoms with Gasteiger partial charge in [0.05, 0.1) is 0 Å². The second kappa shape index (κ2) is 3.59. The SMILES string of the molecule is CC(c1ccccc1O)N(C)C. The van der Waals surface area contributed by atoms with Crippen molar-refractivity contribution >= 4 is 0 Å². The lowest BCUT2D eigenvalue weighted by molar-refractivity contribution is 0.312. The zero-order valence-corrected chi connectivity index (χ0v) is 7.78. The maximum absolute atomic E-state index is 9.50. The van der Waals surface area contributed by atoms with E-state index < -0.39 is 0 Å². The number of nitrogens with zero attached hydrogens (tertiary/aromatic N) is 1. The molecule has 1 atom stereocenters. The van der Waals surface area contributed by atoms with Crippen LogP contribution >= 0.6 is 0 Å². The van der Waals surface area contributed by atoms with E-state index in [1.165, 1.54) is 0 Å². The summed E-state index contributed by atoms with van der Waals surface area (Å²) in [5.41, 5.74) is 0.975. The molecule has 0 spiro atoms. The molecule has 0 bridgehead atoms. The topological polar surface area (TPSA) is 23.5 Å². The van der Waals surface area contributed by atoms with Gasteiger partial charge in [-0.05, 0) is 27.1 Å². The van der Waals surface area contributed by atoms with Crippen LogP contribution in [0.15, 0.2) is 24.3 Å². The first kappa shape index (κ1) is 9.07. The quantitative estimate of drug-likeness (QED) is 0.724. The molecule has 1 rings (SSSR count). The smallest absolute Gasteiger partial charge is 0.120 e. The summed E-state index contributed by atoms with van der Waals surface area (Å²) in [6.07, 6.45) is 0. The van der Waals surface area contributed by atoms with Gasteiger partial charge in [-0.3, -0.25) is 0 Å². The van der Waals surface area contributed by atoms with E-state index in [9.17, 15) is 5.11 Å². The summed E-state index contributed by atoms with van der Waals surface area (Å²) >= 11 is 0. The van der Waals surface area contributed by atoms with Crippen LogP contribution < -0.4 is 0 Å². The molecule has 12 heavy (non-hydrogen) atoms. The van der Waals surface area contributed by atoms with Gasteiger partial charge in [-0.1, -0.05) is 18.2 Å². The highest BCUT2D eigenvalue weighted by atomic mass is 16.3. The number of rotatable bonds is 2. The Morgan fingerprint density at radius 2 is 1.83 bits per heavy atom. The van der Waals surface area contributed by atoms with Gasteiger partial charge < -0.3 is 10.0 Å². The molecule has 0 heterocycles. The number of aromatic hydroxyl groups is 1. The third-order valence-electron chi connectivity index (χ3n) is 2.16. The second-order valence-electron chi connectivity index (χ2n) is 3.20. The molecule has 0 aliphatic heterocycles. The van der Waals surface area contributed by atoms with Gasteiger partial charge in [0.1, 0.15) is 5.75 Å². The highest BCUT2D eigenvalue weighted by Gasteiger charge is 2.10. The van der Waals surface area contributed by atoms with Crippen LogP contribution in [0.5, 0.6) is 5.75 Å². The van der Waals surface area contributed by atoms with E-state index in [4.69, 9.17) is 0 Å². The molecule has 0 saturated carbocycles. The summed E-state index contributed by atoms with van der Waals surface area (Å²) in [6.45, 7) is 2.06. The molecule has 1 unspecified atom stereocenters. The van der Waals surface area contributed by atoms with Gasteiger partial charge >= 0.3 is 0 Å².